The van der Waals surface area contributed by atoms with Crippen LogP contribution in [-0.4, -0.2) is 68.8 Å². The van der Waals surface area contributed by atoms with Gasteiger partial charge in [0.05, 0.1) is 33.5 Å². The van der Waals surface area contributed by atoms with Crippen LogP contribution in [0.15, 0.2) is 58.3 Å². The third kappa shape index (κ3) is 6.20. The number of sulfone groups is 2. The van der Waals surface area contributed by atoms with Crippen molar-refractivity contribution < 1.29 is 36.5 Å². The molecule has 2 aromatic carbocycles. The SMILES string of the molecule is Cc1ccc(S(=O)(=O)C[C@@H](O)[C@H]2OC(C)(C)O[C@@H]2[C@H](O)CS(=O)(=O)c2ccc(C)cc2)cc1. The average Bonchev–Trinajstić information content (AvgIpc) is 3.04. The largest absolute Gasteiger partial charge is 0.389 e. The van der Waals surface area contributed by atoms with E-state index >= 15 is 0 Å². The fourth-order valence-corrected chi connectivity index (χ4v) is 6.50. The number of hydrogen-bond acceptors (Lipinski definition) is 8. The number of rotatable bonds is 8. The maximum absolute atomic E-state index is 12.8. The van der Waals surface area contributed by atoms with Crippen molar-refractivity contribution in [2.75, 3.05) is 11.5 Å². The molecule has 33 heavy (non-hydrogen) atoms. The average molecular weight is 499 g/mol. The van der Waals surface area contributed by atoms with Gasteiger partial charge in [-0.3, -0.25) is 0 Å². The van der Waals surface area contributed by atoms with Gasteiger partial charge in [-0.2, -0.15) is 0 Å². The molecule has 0 amide bonds. The Morgan fingerprint density at radius 2 is 1.03 bits per heavy atom. The van der Waals surface area contributed by atoms with E-state index in [9.17, 15) is 27.0 Å². The summed E-state index contributed by atoms with van der Waals surface area (Å²) in [5.74, 6) is -2.60. The van der Waals surface area contributed by atoms with Crippen LogP contribution in [-0.2, 0) is 29.1 Å². The fraction of sp³-hybridized carbons (Fsp3) is 0.478. The molecule has 2 N–H and O–H groups in total. The first-order valence-electron chi connectivity index (χ1n) is 10.5. The Kier molecular flexibility index (Phi) is 7.38. The van der Waals surface area contributed by atoms with Crippen LogP contribution in [0.1, 0.15) is 25.0 Å². The summed E-state index contributed by atoms with van der Waals surface area (Å²) >= 11 is 0. The van der Waals surface area contributed by atoms with E-state index in [-0.39, 0.29) is 9.79 Å². The van der Waals surface area contributed by atoms with Crippen LogP contribution >= 0.6 is 0 Å². The van der Waals surface area contributed by atoms with Gasteiger partial charge >= 0.3 is 0 Å². The topological polar surface area (TPSA) is 127 Å². The summed E-state index contributed by atoms with van der Waals surface area (Å²) in [6.45, 7) is 6.74. The van der Waals surface area contributed by atoms with Gasteiger partial charge in [0.25, 0.3) is 0 Å². The molecule has 0 aliphatic carbocycles. The lowest BCUT2D eigenvalue weighted by Crippen LogP contribution is -2.47. The molecule has 0 radical (unpaired) electrons. The highest BCUT2D eigenvalue weighted by Gasteiger charge is 2.49. The van der Waals surface area contributed by atoms with Gasteiger partial charge in [-0.25, -0.2) is 16.8 Å². The van der Waals surface area contributed by atoms with Crippen molar-refractivity contribution >= 4 is 19.7 Å². The number of aryl methyl sites for hydroxylation is 2. The van der Waals surface area contributed by atoms with E-state index in [2.05, 4.69) is 0 Å². The predicted octanol–water partition coefficient (Wildman–Crippen LogP) is 1.79. The highest BCUT2D eigenvalue weighted by Crippen LogP contribution is 2.33. The van der Waals surface area contributed by atoms with Crippen LogP contribution in [0, 0.1) is 13.8 Å². The van der Waals surface area contributed by atoms with E-state index in [1.807, 2.05) is 13.8 Å². The fourth-order valence-electron chi connectivity index (χ4n) is 3.74. The highest BCUT2D eigenvalue weighted by atomic mass is 32.2. The van der Waals surface area contributed by atoms with Gasteiger partial charge in [0.2, 0.25) is 0 Å². The van der Waals surface area contributed by atoms with Crippen LogP contribution < -0.4 is 0 Å². The number of aliphatic hydroxyl groups excluding tert-OH is 2. The second-order valence-electron chi connectivity index (χ2n) is 8.89. The Labute approximate surface area is 195 Å². The maximum atomic E-state index is 12.8. The van der Waals surface area contributed by atoms with Gasteiger partial charge in [0.15, 0.2) is 25.5 Å². The van der Waals surface area contributed by atoms with Gasteiger partial charge in [0.1, 0.15) is 12.2 Å². The molecular weight excluding hydrogens is 468 g/mol. The minimum absolute atomic E-state index is 0.0457. The van der Waals surface area contributed by atoms with Crippen LogP contribution in [0.2, 0.25) is 0 Å². The van der Waals surface area contributed by atoms with Gasteiger partial charge in [-0.15, -0.1) is 0 Å². The van der Waals surface area contributed by atoms with E-state index in [0.717, 1.165) is 11.1 Å². The molecule has 0 bridgehead atoms. The Balaban J connectivity index is 1.79. The molecule has 1 saturated heterocycles. The summed E-state index contributed by atoms with van der Waals surface area (Å²) in [7, 11) is -7.74. The van der Waals surface area contributed by atoms with E-state index < -0.39 is 61.4 Å². The Hall–Kier alpha value is -1.82. The maximum Gasteiger partial charge on any atom is 0.181 e. The molecule has 8 nitrogen and oxygen atoms in total. The second-order valence-corrected chi connectivity index (χ2v) is 13.0. The van der Waals surface area contributed by atoms with Crippen molar-refractivity contribution in [2.24, 2.45) is 0 Å². The van der Waals surface area contributed by atoms with Crippen molar-refractivity contribution in [3.05, 3.63) is 59.7 Å². The summed E-state index contributed by atoms with van der Waals surface area (Å²) in [4.78, 5) is 0.0914. The van der Waals surface area contributed by atoms with E-state index in [0.29, 0.717) is 0 Å². The molecule has 1 aliphatic rings. The summed E-state index contributed by atoms with van der Waals surface area (Å²) in [6.07, 6.45) is -5.61. The normalized spacial score (nSPS) is 22.7. The molecule has 1 heterocycles. The highest BCUT2D eigenvalue weighted by molar-refractivity contribution is 7.91. The molecular formula is C23H30O8S2. The van der Waals surface area contributed by atoms with Crippen molar-refractivity contribution in [1.29, 1.82) is 0 Å². The first-order chi connectivity index (χ1) is 15.2. The summed E-state index contributed by atoms with van der Waals surface area (Å²) in [5, 5.41) is 21.5. The minimum atomic E-state index is -3.87. The van der Waals surface area contributed by atoms with Crippen LogP contribution in [0.5, 0.6) is 0 Å². The third-order valence-electron chi connectivity index (χ3n) is 5.46. The quantitative estimate of drug-likeness (QED) is 0.564. The van der Waals surface area contributed by atoms with Crippen LogP contribution in [0.3, 0.4) is 0 Å². The molecule has 2 aromatic rings. The second kappa shape index (κ2) is 9.44. The molecule has 0 aromatic heterocycles. The summed E-state index contributed by atoms with van der Waals surface area (Å²) in [6, 6.07) is 12.4. The van der Waals surface area contributed by atoms with E-state index in [4.69, 9.17) is 9.47 Å². The monoisotopic (exact) mass is 498 g/mol. The molecule has 0 spiro atoms. The smallest absolute Gasteiger partial charge is 0.181 e. The molecule has 3 rings (SSSR count). The molecule has 4 atom stereocenters. The summed E-state index contributed by atoms with van der Waals surface area (Å²) in [5.41, 5.74) is 1.78. The van der Waals surface area contributed by atoms with Gasteiger partial charge in [0, 0.05) is 0 Å². The van der Waals surface area contributed by atoms with E-state index in [1.54, 1.807) is 38.1 Å². The number of aliphatic hydroxyl groups is 2. The lowest BCUT2D eigenvalue weighted by molar-refractivity contribution is -0.158. The molecule has 1 fully saturated rings. The van der Waals surface area contributed by atoms with Gasteiger partial charge < -0.3 is 19.7 Å². The zero-order chi connectivity index (χ0) is 24.6. The third-order valence-corrected chi connectivity index (χ3v) is 9.00. The number of benzene rings is 2. The van der Waals surface area contributed by atoms with Crippen molar-refractivity contribution in [1.82, 2.24) is 0 Å². The lowest BCUT2D eigenvalue weighted by Gasteiger charge is -2.25. The van der Waals surface area contributed by atoms with Gasteiger partial charge in [-0.05, 0) is 52.0 Å². The van der Waals surface area contributed by atoms with Crippen molar-refractivity contribution in [2.45, 2.75) is 67.7 Å². The Bertz CT molecular complexity index is 1080. The Morgan fingerprint density at radius 3 is 1.33 bits per heavy atom. The molecule has 0 saturated carbocycles. The van der Waals surface area contributed by atoms with Gasteiger partial charge in [-0.1, -0.05) is 35.4 Å². The minimum Gasteiger partial charge on any atom is -0.389 e. The summed E-state index contributed by atoms with van der Waals surface area (Å²) < 4.78 is 62.5. The van der Waals surface area contributed by atoms with Crippen molar-refractivity contribution in [3.8, 4) is 0 Å². The van der Waals surface area contributed by atoms with Crippen LogP contribution in [0.25, 0.3) is 0 Å². The number of hydrogen-bond donors (Lipinski definition) is 2. The zero-order valence-corrected chi connectivity index (χ0v) is 20.6. The van der Waals surface area contributed by atoms with Crippen molar-refractivity contribution in [3.63, 3.8) is 0 Å². The molecule has 10 heteroatoms. The molecule has 182 valence electrons. The first-order valence-corrected chi connectivity index (χ1v) is 13.8. The lowest BCUT2D eigenvalue weighted by atomic mass is 10.1. The first kappa shape index (κ1) is 25.8. The standard InChI is InChI=1S/C23H30O8S2/c1-15-5-9-17(10-6-15)32(26,27)13-19(24)21-22(31-23(3,4)30-21)20(25)14-33(28,29)18-11-7-16(2)8-12-18/h5-12,19-22,24-25H,13-14H2,1-4H3/t19-,20-,21-,22-/m1/s1. The Morgan fingerprint density at radius 1 is 0.727 bits per heavy atom. The zero-order valence-electron chi connectivity index (χ0n) is 19.0. The number of ether oxygens (including phenoxy) is 2. The van der Waals surface area contributed by atoms with Crippen LogP contribution in [0.4, 0.5) is 0 Å². The molecule has 0 unspecified atom stereocenters. The molecule has 1 aliphatic heterocycles. The van der Waals surface area contributed by atoms with E-state index in [1.165, 1.54) is 24.3 Å². The predicted molar refractivity (Wildman–Crippen MR) is 122 cm³/mol.